The second kappa shape index (κ2) is 12.7. The number of aromatic nitrogens is 1. The van der Waals surface area contributed by atoms with Crippen molar-refractivity contribution in [3.8, 4) is 11.5 Å². The highest BCUT2D eigenvalue weighted by Gasteiger charge is 2.16. The summed E-state index contributed by atoms with van der Waals surface area (Å²) in [6.07, 6.45) is 2.36. The number of ether oxygens (including phenoxy) is 2. The van der Waals surface area contributed by atoms with Gasteiger partial charge in [-0.25, -0.2) is 4.39 Å². The van der Waals surface area contributed by atoms with Gasteiger partial charge < -0.3 is 19.2 Å². The number of nitrogens with zero attached hydrogens (tertiary/aromatic N) is 2. The Morgan fingerprint density at radius 1 is 0.919 bits per heavy atom. The first-order valence-electron chi connectivity index (χ1n) is 12.0. The van der Waals surface area contributed by atoms with Gasteiger partial charge in [0.05, 0.1) is 20.8 Å². The van der Waals surface area contributed by atoms with Crippen LogP contribution in [0.5, 0.6) is 11.5 Å². The van der Waals surface area contributed by atoms with Crippen molar-refractivity contribution in [3.05, 3.63) is 113 Å². The molecule has 8 heteroatoms. The molecule has 2 aromatic carbocycles. The Kier molecular flexibility index (Phi) is 8.89. The maximum Gasteiger partial charge on any atom is 0.287 e. The molecule has 0 aliphatic rings. The number of hydrogen-bond donors (Lipinski definition) is 1. The molecule has 0 aliphatic carbocycles. The topological polar surface area (TPSA) is 76.8 Å². The van der Waals surface area contributed by atoms with E-state index in [1.807, 2.05) is 42.5 Å². The molecule has 4 aromatic rings. The van der Waals surface area contributed by atoms with E-state index in [9.17, 15) is 9.18 Å². The third-order valence-electron chi connectivity index (χ3n) is 5.81. The fourth-order valence-electron chi connectivity index (χ4n) is 4.04. The van der Waals surface area contributed by atoms with E-state index >= 15 is 0 Å². The number of halogens is 1. The number of carbonyl (C=O) groups excluding carboxylic acids is 1. The van der Waals surface area contributed by atoms with E-state index in [0.29, 0.717) is 49.9 Å². The largest absolute Gasteiger partial charge is 0.493 e. The third-order valence-corrected chi connectivity index (χ3v) is 5.81. The summed E-state index contributed by atoms with van der Waals surface area (Å²) < 4.78 is 30.5. The zero-order valence-corrected chi connectivity index (χ0v) is 20.9. The molecule has 0 bridgehead atoms. The van der Waals surface area contributed by atoms with Gasteiger partial charge in [0, 0.05) is 37.9 Å². The molecule has 0 saturated heterocycles. The summed E-state index contributed by atoms with van der Waals surface area (Å²) in [7, 11) is 3.19. The van der Waals surface area contributed by atoms with Crippen molar-refractivity contribution in [1.29, 1.82) is 0 Å². The van der Waals surface area contributed by atoms with E-state index in [0.717, 1.165) is 16.8 Å². The first kappa shape index (κ1) is 25.9. The molecule has 0 radical (unpaired) electrons. The van der Waals surface area contributed by atoms with Crippen LogP contribution in [0.15, 0.2) is 83.4 Å². The number of methoxy groups -OCH3 is 2. The van der Waals surface area contributed by atoms with Gasteiger partial charge in [-0.2, -0.15) is 0 Å². The molecule has 0 fully saturated rings. The van der Waals surface area contributed by atoms with Crippen molar-refractivity contribution in [2.45, 2.75) is 26.1 Å². The maximum atomic E-state index is 13.8. The minimum atomic E-state index is -0.286. The molecule has 192 valence electrons. The number of rotatable bonds is 12. The number of furan rings is 1. The predicted molar refractivity (Wildman–Crippen MR) is 138 cm³/mol. The van der Waals surface area contributed by atoms with Crippen molar-refractivity contribution in [3.63, 3.8) is 0 Å². The van der Waals surface area contributed by atoms with Gasteiger partial charge in [0.1, 0.15) is 11.6 Å². The van der Waals surface area contributed by atoms with Gasteiger partial charge in [0.2, 0.25) is 0 Å². The van der Waals surface area contributed by atoms with E-state index in [-0.39, 0.29) is 17.5 Å². The molecule has 1 N–H and O–H groups in total. The number of amides is 1. The van der Waals surface area contributed by atoms with Crippen LogP contribution < -0.4 is 14.8 Å². The summed E-state index contributed by atoms with van der Waals surface area (Å²) >= 11 is 0. The first-order chi connectivity index (χ1) is 18.0. The van der Waals surface area contributed by atoms with Crippen molar-refractivity contribution in [1.82, 2.24) is 15.2 Å². The monoisotopic (exact) mass is 503 g/mol. The predicted octanol–water partition coefficient (Wildman–Crippen LogP) is 5.01. The summed E-state index contributed by atoms with van der Waals surface area (Å²) in [5, 5.41) is 2.87. The van der Waals surface area contributed by atoms with Crippen LogP contribution in [0.3, 0.4) is 0 Å². The normalized spacial score (nSPS) is 10.9. The zero-order valence-electron chi connectivity index (χ0n) is 20.9. The summed E-state index contributed by atoms with van der Waals surface area (Å²) in [6, 6.07) is 21.4. The highest BCUT2D eigenvalue weighted by atomic mass is 19.1. The van der Waals surface area contributed by atoms with E-state index in [4.69, 9.17) is 13.9 Å². The van der Waals surface area contributed by atoms with E-state index in [1.54, 1.807) is 38.6 Å². The van der Waals surface area contributed by atoms with Gasteiger partial charge in [-0.3, -0.25) is 14.7 Å². The smallest absolute Gasteiger partial charge is 0.287 e. The van der Waals surface area contributed by atoms with Crippen LogP contribution in [0.1, 0.15) is 33.1 Å². The molecule has 2 aromatic heterocycles. The molecule has 0 atom stereocenters. The molecule has 1 amide bonds. The van der Waals surface area contributed by atoms with Crippen LogP contribution in [0.25, 0.3) is 0 Å². The second-order valence-electron chi connectivity index (χ2n) is 8.56. The van der Waals surface area contributed by atoms with Crippen LogP contribution in [0.2, 0.25) is 0 Å². The minimum absolute atomic E-state index is 0.243. The van der Waals surface area contributed by atoms with E-state index in [2.05, 4.69) is 15.2 Å². The number of pyridine rings is 1. The van der Waals surface area contributed by atoms with Crippen molar-refractivity contribution in [2.75, 3.05) is 20.8 Å². The van der Waals surface area contributed by atoms with Crippen LogP contribution >= 0.6 is 0 Å². The van der Waals surface area contributed by atoms with E-state index in [1.165, 1.54) is 12.1 Å². The lowest BCUT2D eigenvalue weighted by Crippen LogP contribution is -2.25. The van der Waals surface area contributed by atoms with Gasteiger partial charge in [-0.05, 0) is 59.7 Å². The number of hydrogen-bond acceptors (Lipinski definition) is 6. The van der Waals surface area contributed by atoms with Gasteiger partial charge in [0.25, 0.3) is 5.91 Å². The van der Waals surface area contributed by atoms with Crippen LogP contribution in [-0.2, 0) is 26.1 Å². The van der Waals surface area contributed by atoms with Crippen LogP contribution in [0.4, 0.5) is 4.39 Å². The molecular weight excluding hydrogens is 473 g/mol. The number of benzene rings is 2. The van der Waals surface area contributed by atoms with Gasteiger partial charge in [0.15, 0.2) is 17.3 Å². The Morgan fingerprint density at radius 3 is 2.46 bits per heavy atom. The number of carbonyl (C=O) groups is 1. The van der Waals surface area contributed by atoms with Crippen LogP contribution in [0, 0.1) is 5.82 Å². The lowest BCUT2D eigenvalue weighted by atomic mass is 10.1. The third kappa shape index (κ3) is 7.41. The van der Waals surface area contributed by atoms with Crippen molar-refractivity contribution in [2.24, 2.45) is 0 Å². The highest BCUT2D eigenvalue weighted by Crippen LogP contribution is 2.28. The average Bonchev–Trinajstić information content (AvgIpc) is 3.38. The first-order valence-corrected chi connectivity index (χ1v) is 12.0. The van der Waals surface area contributed by atoms with Crippen molar-refractivity contribution >= 4 is 5.91 Å². The molecule has 0 aliphatic heterocycles. The Morgan fingerprint density at radius 2 is 1.73 bits per heavy atom. The summed E-state index contributed by atoms with van der Waals surface area (Å²) in [6.45, 7) is 1.91. The highest BCUT2D eigenvalue weighted by molar-refractivity contribution is 5.91. The fraction of sp³-hybridized carbons (Fsp3) is 0.241. The SMILES string of the molecule is COc1ccc(CN(Cc2cccc(F)c2)Cc2ccc(C(=O)NCCc3ccccn3)o2)cc1OC. The molecule has 2 heterocycles. The standard InChI is InChI=1S/C29H30FN3O4/c1-35-26-11-9-22(17-28(26)36-2)19-33(18-21-6-5-7-23(30)16-21)20-25-10-12-27(37-25)29(34)32-15-13-24-8-3-4-14-31-24/h3-12,14,16-17H,13,15,18-20H2,1-2H3,(H,32,34). The lowest BCUT2D eigenvalue weighted by molar-refractivity contribution is 0.0921. The summed E-state index contributed by atoms with van der Waals surface area (Å²) in [4.78, 5) is 18.9. The quantitative estimate of drug-likeness (QED) is 0.293. The Balaban J connectivity index is 1.44. The Hall–Kier alpha value is -4.17. The second-order valence-corrected chi connectivity index (χ2v) is 8.56. The molecular formula is C29H30FN3O4. The van der Waals surface area contributed by atoms with Gasteiger partial charge >= 0.3 is 0 Å². The Labute approximate surface area is 215 Å². The van der Waals surface area contributed by atoms with E-state index < -0.39 is 0 Å². The number of nitrogens with one attached hydrogen (secondary N) is 1. The zero-order chi connectivity index (χ0) is 26.0. The molecule has 4 rings (SSSR count). The average molecular weight is 504 g/mol. The molecule has 0 unspecified atom stereocenters. The maximum absolute atomic E-state index is 13.8. The summed E-state index contributed by atoms with van der Waals surface area (Å²) in [5.74, 6) is 1.59. The van der Waals surface area contributed by atoms with Gasteiger partial charge in [-0.15, -0.1) is 0 Å². The molecule has 0 saturated carbocycles. The van der Waals surface area contributed by atoms with Gasteiger partial charge in [-0.1, -0.05) is 24.3 Å². The lowest BCUT2D eigenvalue weighted by Gasteiger charge is -2.22. The minimum Gasteiger partial charge on any atom is -0.493 e. The Bertz CT molecular complexity index is 1310. The molecule has 7 nitrogen and oxygen atoms in total. The molecule has 0 spiro atoms. The molecule has 37 heavy (non-hydrogen) atoms. The fourth-order valence-corrected chi connectivity index (χ4v) is 4.04. The summed E-state index contributed by atoms with van der Waals surface area (Å²) in [5.41, 5.74) is 2.73. The van der Waals surface area contributed by atoms with Crippen LogP contribution in [-0.4, -0.2) is 36.6 Å². The van der Waals surface area contributed by atoms with Crippen molar-refractivity contribution < 1.29 is 23.1 Å².